The third-order valence-corrected chi connectivity index (χ3v) is 7.65. The second-order valence-electron chi connectivity index (χ2n) is 9.54. The molecular weight excluding hydrogens is 428 g/mol. The van der Waals surface area contributed by atoms with Crippen LogP contribution in [0.1, 0.15) is 49.8 Å². The number of rotatable bonds is 7. The molecule has 174 valence electrons. The van der Waals surface area contributed by atoms with Gasteiger partial charge in [-0.05, 0) is 47.9 Å². The van der Waals surface area contributed by atoms with Gasteiger partial charge in [0.2, 0.25) is 5.89 Å². The quantitative estimate of drug-likeness (QED) is 0.522. The summed E-state index contributed by atoms with van der Waals surface area (Å²) in [5.41, 5.74) is 1.55. The second-order valence-corrected chi connectivity index (χ2v) is 9.54. The third-order valence-electron chi connectivity index (χ3n) is 7.65. The lowest BCUT2D eigenvalue weighted by atomic mass is 9.68. The first kappa shape index (κ1) is 21.9. The Morgan fingerprint density at radius 2 is 1.91 bits per heavy atom. The number of aromatic nitrogens is 4. The SMILES string of the molecule is COCCN(CC12CCC(c3cc(-c4c(F)cccc4F)nnc31)C2(C)C)c1nnc(C)o1. The molecule has 0 aliphatic heterocycles. The number of ether oxygens (including phenoxy) is 1. The first-order valence-electron chi connectivity index (χ1n) is 11.1. The van der Waals surface area contributed by atoms with Gasteiger partial charge in [-0.25, -0.2) is 8.78 Å². The third kappa shape index (κ3) is 3.24. The highest BCUT2D eigenvalue weighted by Gasteiger charge is 2.64. The van der Waals surface area contributed by atoms with Gasteiger partial charge in [0.25, 0.3) is 0 Å². The van der Waals surface area contributed by atoms with Crippen molar-refractivity contribution in [1.29, 1.82) is 0 Å². The summed E-state index contributed by atoms with van der Waals surface area (Å²) in [5.74, 6) is -0.570. The van der Waals surface area contributed by atoms with Gasteiger partial charge in [0.1, 0.15) is 11.6 Å². The summed E-state index contributed by atoms with van der Waals surface area (Å²) >= 11 is 0. The number of halogens is 2. The monoisotopic (exact) mass is 455 g/mol. The highest BCUT2D eigenvalue weighted by Crippen LogP contribution is 2.67. The zero-order valence-electron chi connectivity index (χ0n) is 19.2. The molecule has 2 aromatic heterocycles. The maximum absolute atomic E-state index is 14.4. The van der Waals surface area contributed by atoms with Gasteiger partial charge < -0.3 is 14.1 Å². The first-order chi connectivity index (χ1) is 15.8. The number of hydrogen-bond acceptors (Lipinski definition) is 7. The number of anilines is 1. The standard InChI is InChI=1S/C24H27F2N5O2/c1-14-27-30-22(33-14)31(10-11-32-4)13-24-9-8-16(23(24,2)3)15-12-19(28-29-21(15)24)20-17(25)6-5-7-18(20)26/h5-7,12,16H,8-11,13H2,1-4H3. The molecule has 1 aromatic carbocycles. The van der Waals surface area contributed by atoms with E-state index in [4.69, 9.17) is 9.15 Å². The Balaban J connectivity index is 1.58. The van der Waals surface area contributed by atoms with Gasteiger partial charge in [-0.2, -0.15) is 10.2 Å². The van der Waals surface area contributed by atoms with Crippen molar-refractivity contribution in [2.24, 2.45) is 5.41 Å². The highest BCUT2D eigenvalue weighted by molar-refractivity contribution is 5.63. The van der Waals surface area contributed by atoms with Gasteiger partial charge in [0.05, 0.1) is 23.6 Å². The van der Waals surface area contributed by atoms with E-state index in [9.17, 15) is 8.78 Å². The van der Waals surface area contributed by atoms with Crippen LogP contribution in [0, 0.1) is 24.0 Å². The summed E-state index contributed by atoms with van der Waals surface area (Å²) in [5, 5.41) is 17.1. The first-order valence-corrected chi connectivity index (χ1v) is 11.1. The van der Waals surface area contributed by atoms with Crippen LogP contribution in [0.3, 0.4) is 0 Å². The minimum atomic E-state index is -0.640. The van der Waals surface area contributed by atoms with Crippen LogP contribution in [-0.4, -0.2) is 47.2 Å². The predicted molar refractivity (Wildman–Crippen MR) is 118 cm³/mol. The molecule has 2 aliphatic carbocycles. The minimum Gasteiger partial charge on any atom is -0.408 e. The molecule has 0 N–H and O–H groups in total. The molecule has 2 unspecified atom stereocenters. The Bertz CT molecular complexity index is 1180. The molecule has 0 spiro atoms. The van der Waals surface area contributed by atoms with Crippen LogP contribution in [0.25, 0.3) is 11.3 Å². The van der Waals surface area contributed by atoms with Gasteiger partial charge in [-0.1, -0.05) is 25.0 Å². The molecule has 33 heavy (non-hydrogen) atoms. The predicted octanol–water partition coefficient (Wildman–Crippen LogP) is 4.42. The molecule has 2 heterocycles. The summed E-state index contributed by atoms with van der Waals surface area (Å²) < 4.78 is 39.9. The molecule has 9 heteroatoms. The summed E-state index contributed by atoms with van der Waals surface area (Å²) in [6, 6.07) is 6.11. The average molecular weight is 456 g/mol. The Morgan fingerprint density at radius 3 is 2.58 bits per heavy atom. The number of hydrogen-bond donors (Lipinski definition) is 0. The van der Waals surface area contributed by atoms with E-state index in [0.29, 0.717) is 31.6 Å². The van der Waals surface area contributed by atoms with E-state index in [1.807, 2.05) is 6.07 Å². The van der Waals surface area contributed by atoms with Crippen molar-refractivity contribution in [1.82, 2.24) is 20.4 Å². The topological polar surface area (TPSA) is 77.2 Å². The summed E-state index contributed by atoms with van der Waals surface area (Å²) in [6.45, 7) is 7.94. The Hall–Kier alpha value is -2.94. The zero-order valence-corrected chi connectivity index (χ0v) is 19.2. The molecule has 3 aromatic rings. The number of nitrogens with zero attached hydrogens (tertiary/aromatic N) is 5. The molecule has 7 nitrogen and oxygen atoms in total. The van der Waals surface area contributed by atoms with Crippen molar-refractivity contribution in [3.63, 3.8) is 0 Å². The Kier molecular flexibility index (Phi) is 5.19. The molecule has 2 bridgehead atoms. The largest absolute Gasteiger partial charge is 0.408 e. The Morgan fingerprint density at radius 1 is 1.15 bits per heavy atom. The minimum absolute atomic E-state index is 0.134. The van der Waals surface area contributed by atoms with Crippen LogP contribution in [0.15, 0.2) is 28.7 Å². The van der Waals surface area contributed by atoms with Crippen LogP contribution in [0.4, 0.5) is 14.8 Å². The highest BCUT2D eigenvalue weighted by atomic mass is 19.1. The van der Waals surface area contributed by atoms with E-state index < -0.39 is 11.6 Å². The van der Waals surface area contributed by atoms with Crippen molar-refractivity contribution in [3.8, 4) is 11.3 Å². The van der Waals surface area contributed by atoms with Gasteiger partial charge >= 0.3 is 6.01 Å². The van der Waals surface area contributed by atoms with Crippen LogP contribution >= 0.6 is 0 Å². The number of aryl methyl sites for hydroxylation is 1. The van der Waals surface area contributed by atoms with Crippen molar-refractivity contribution in [2.75, 3.05) is 31.7 Å². The van der Waals surface area contributed by atoms with Crippen molar-refractivity contribution in [2.45, 2.75) is 44.9 Å². The van der Waals surface area contributed by atoms with Gasteiger partial charge in [0.15, 0.2) is 0 Å². The van der Waals surface area contributed by atoms with Crippen LogP contribution in [0.2, 0.25) is 0 Å². The van der Waals surface area contributed by atoms with Crippen molar-refractivity contribution in [3.05, 3.63) is 53.0 Å². The van der Waals surface area contributed by atoms with E-state index in [1.165, 1.54) is 18.2 Å². The van der Waals surface area contributed by atoms with E-state index in [2.05, 4.69) is 39.1 Å². The lowest BCUT2D eigenvalue weighted by Crippen LogP contribution is -2.47. The van der Waals surface area contributed by atoms with Crippen LogP contribution < -0.4 is 4.90 Å². The van der Waals surface area contributed by atoms with Crippen LogP contribution in [-0.2, 0) is 10.2 Å². The van der Waals surface area contributed by atoms with Crippen molar-refractivity contribution < 1.29 is 17.9 Å². The van der Waals surface area contributed by atoms with E-state index in [1.54, 1.807) is 14.0 Å². The van der Waals surface area contributed by atoms with Gasteiger partial charge in [-0.3, -0.25) is 0 Å². The smallest absolute Gasteiger partial charge is 0.318 e. The summed E-state index contributed by atoms with van der Waals surface area (Å²) in [4.78, 5) is 2.05. The maximum atomic E-state index is 14.4. The molecule has 2 atom stereocenters. The molecule has 2 aliphatic rings. The zero-order chi connectivity index (χ0) is 23.4. The second kappa shape index (κ2) is 7.83. The average Bonchev–Trinajstić information content (AvgIpc) is 3.37. The number of fused-ring (bicyclic) bond motifs is 5. The van der Waals surface area contributed by atoms with Crippen molar-refractivity contribution >= 4 is 6.01 Å². The molecule has 0 saturated heterocycles. The molecule has 5 rings (SSSR count). The lowest BCUT2D eigenvalue weighted by molar-refractivity contribution is 0.184. The van der Waals surface area contributed by atoms with E-state index in [-0.39, 0.29) is 28.0 Å². The molecular formula is C24H27F2N5O2. The van der Waals surface area contributed by atoms with E-state index in [0.717, 1.165) is 24.1 Å². The fourth-order valence-corrected chi connectivity index (χ4v) is 5.82. The van der Waals surface area contributed by atoms with E-state index >= 15 is 0 Å². The molecule has 1 saturated carbocycles. The lowest BCUT2D eigenvalue weighted by Gasteiger charge is -2.41. The summed E-state index contributed by atoms with van der Waals surface area (Å²) in [7, 11) is 1.66. The van der Waals surface area contributed by atoms with Gasteiger partial charge in [-0.15, -0.1) is 5.10 Å². The molecule has 0 amide bonds. The van der Waals surface area contributed by atoms with Crippen LogP contribution in [0.5, 0.6) is 0 Å². The summed E-state index contributed by atoms with van der Waals surface area (Å²) in [6.07, 6.45) is 1.89. The fourth-order valence-electron chi connectivity index (χ4n) is 5.82. The molecule has 0 radical (unpaired) electrons. The van der Waals surface area contributed by atoms with Gasteiger partial charge in [0, 0.05) is 32.5 Å². The molecule has 1 fully saturated rings. The normalized spacial score (nSPS) is 22.5. The maximum Gasteiger partial charge on any atom is 0.318 e. The Labute approximate surface area is 191 Å². The fraction of sp³-hybridized carbons (Fsp3) is 0.500. The number of benzene rings is 1. The number of methoxy groups -OCH3 is 1.